The number of nitro benzene ring substituents is 1. The number of thioether (sulfide) groups is 1. The highest BCUT2D eigenvalue weighted by Crippen LogP contribution is 2.24. The lowest BCUT2D eigenvalue weighted by molar-refractivity contribution is -0.384. The van der Waals surface area contributed by atoms with E-state index in [0.29, 0.717) is 16.5 Å². The van der Waals surface area contributed by atoms with Gasteiger partial charge in [-0.2, -0.15) is 9.61 Å². The number of anilines is 1. The molecule has 0 saturated heterocycles. The zero-order valence-corrected chi connectivity index (χ0v) is 15.8. The van der Waals surface area contributed by atoms with Crippen molar-refractivity contribution in [3.8, 4) is 10.6 Å². The van der Waals surface area contributed by atoms with Gasteiger partial charge in [-0.25, -0.2) is 0 Å². The van der Waals surface area contributed by atoms with Crippen LogP contribution in [0.5, 0.6) is 0 Å². The second kappa shape index (κ2) is 7.74. The Morgan fingerprint density at radius 3 is 2.71 bits per heavy atom. The molecule has 0 radical (unpaired) electrons. The summed E-state index contributed by atoms with van der Waals surface area (Å²) in [5.41, 5.74) is 1.85. The summed E-state index contributed by atoms with van der Waals surface area (Å²) >= 11 is 2.79. The fraction of sp³-hybridized carbons (Fsp3) is 0.0588. The van der Waals surface area contributed by atoms with Crippen LogP contribution in [-0.2, 0) is 4.79 Å². The Hall–Kier alpha value is -3.31. The van der Waals surface area contributed by atoms with Gasteiger partial charge in [0.15, 0.2) is 5.65 Å². The van der Waals surface area contributed by atoms with E-state index in [0.717, 1.165) is 10.6 Å². The zero-order chi connectivity index (χ0) is 19.5. The Morgan fingerprint density at radius 2 is 2.00 bits per heavy atom. The molecular formula is C17H12N6O3S2. The molecule has 140 valence electrons. The number of rotatable bonds is 6. The van der Waals surface area contributed by atoms with Gasteiger partial charge in [-0.3, -0.25) is 14.9 Å². The first kappa shape index (κ1) is 18.1. The average Bonchev–Trinajstić information content (AvgIpc) is 3.36. The molecule has 1 amide bonds. The number of hydrogen-bond donors (Lipinski definition) is 1. The number of aromatic nitrogens is 4. The van der Waals surface area contributed by atoms with E-state index in [1.54, 1.807) is 15.9 Å². The topological polar surface area (TPSA) is 115 Å². The van der Waals surface area contributed by atoms with E-state index >= 15 is 0 Å². The fourth-order valence-electron chi connectivity index (χ4n) is 2.41. The van der Waals surface area contributed by atoms with Crippen molar-refractivity contribution < 1.29 is 9.72 Å². The third-order valence-electron chi connectivity index (χ3n) is 3.70. The van der Waals surface area contributed by atoms with Crippen molar-refractivity contribution in [3.05, 3.63) is 64.0 Å². The minimum absolute atomic E-state index is 0.0325. The molecule has 0 aliphatic carbocycles. The van der Waals surface area contributed by atoms with Crippen LogP contribution in [-0.4, -0.2) is 36.4 Å². The third kappa shape index (κ3) is 3.85. The maximum absolute atomic E-state index is 12.2. The van der Waals surface area contributed by atoms with Gasteiger partial charge >= 0.3 is 0 Å². The number of nitro groups is 1. The van der Waals surface area contributed by atoms with Crippen molar-refractivity contribution in [3.63, 3.8) is 0 Å². The van der Waals surface area contributed by atoms with Gasteiger partial charge in [0, 0.05) is 17.8 Å². The summed E-state index contributed by atoms with van der Waals surface area (Å²) in [7, 11) is 0. The van der Waals surface area contributed by atoms with Crippen LogP contribution >= 0.6 is 23.1 Å². The minimum Gasteiger partial charge on any atom is -0.325 e. The summed E-state index contributed by atoms with van der Waals surface area (Å²) in [5.74, 6) is -0.159. The predicted molar refractivity (Wildman–Crippen MR) is 107 cm³/mol. The van der Waals surface area contributed by atoms with E-state index < -0.39 is 4.92 Å². The van der Waals surface area contributed by atoms with E-state index in [1.807, 2.05) is 29.6 Å². The van der Waals surface area contributed by atoms with Crippen LogP contribution < -0.4 is 5.32 Å². The van der Waals surface area contributed by atoms with Crippen molar-refractivity contribution in [2.45, 2.75) is 5.16 Å². The first-order valence-corrected chi connectivity index (χ1v) is 9.90. The molecule has 4 rings (SSSR count). The standard InChI is InChI=1S/C17H12N6O3S2/c24-16(18-11-3-5-12(6-4-11)23(25)26)10-28-17-20-19-15-8-7-13(21-22(15)17)14-2-1-9-27-14/h1-9H,10H2,(H,18,24). The molecule has 11 heteroatoms. The third-order valence-corrected chi connectivity index (χ3v) is 5.51. The first-order valence-electron chi connectivity index (χ1n) is 8.03. The Morgan fingerprint density at radius 1 is 1.18 bits per heavy atom. The number of benzene rings is 1. The molecule has 0 fully saturated rings. The molecule has 1 N–H and O–H groups in total. The molecule has 9 nitrogen and oxygen atoms in total. The lowest BCUT2D eigenvalue weighted by Gasteiger charge is -2.04. The van der Waals surface area contributed by atoms with Gasteiger partial charge < -0.3 is 5.32 Å². The Balaban J connectivity index is 1.44. The summed E-state index contributed by atoms with van der Waals surface area (Å²) in [6.45, 7) is 0. The minimum atomic E-state index is -0.491. The van der Waals surface area contributed by atoms with Crippen LogP contribution in [0.2, 0.25) is 0 Å². The molecule has 28 heavy (non-hydrogen) atoms. The maximum atomic E-state index is 12.2. The average molecular weight is 412 g/mol. The van der Waals surface area contributed by atoms with Crippen molar-refractivity contribution in [1.29, 1.82) is 0 Å². The number of hydrogen-bond acceptors (Lipinski definition) is 8. The molecule has 0 aliphatic heterocycles. The molecule has 3 heterocycles. The number of nitrogens with zero attached hydrogens (tertiary/aromatic N) is 5. The summed E-state index contributed by atoms with van der Waals surface area (Å²) in [6, 6.07) is 13.3. The number of fused-ring (bicyclic) bond motifs is 1. The second-order valence-electron chi connectivity index (χ2n) is 5.59. The van der Waals surface area contributed by atoms with E-state index in [2.05, 4.69) is 20.6 Å². The lowest BCUT2D eigenvalue weighted by Crippen LogP contribution is -2.14. The van der Waals surface area contributed by atoms with Crippen LogP contribution in [0.1, 0.15) is 0 Å². The zero-order valence-electron chi connectivity index (χ0n) is 14.2. The highest BCUT2D eigenvalue weighted by molar-refractivity contribution is 7.99. The van der Waals surface area contributed by atoms with Gasteiger partial charge in [-0.1, -0.05) is 17.8 Å². The van der Waals surface area contributed by atoms with Crippen LogP contribution in [0, 0.1) is 10.1 Å². The number of non-ortho nitro benzene ring substituents is 1. The van der Waals surface area contributed by atoms with Gasteiger partial charge in [0.25, 0.3) is 5.69 Å². The smallest absolute Gasteiger partial charge is 0.269 e. The maximum Gasteiger partial charge on any atom is 0.269 e. The van der Waals surface area contributed by atoms with E-state index in [-0.39, 0.29) is 17.3 Å². The van der Waals surface area contributed by atoms with Crippen LogP contribution in [0.3, 0.4) is 0 Å². The molecule has 0 unspecified atom stereocenters. The first-order chi connectivity index (χ1) is 13.6. The van der Waals surface area contributed by atoms with Crippen molar-refractivity contribution >= 4 is 46.0 Å². The molecule has 0 spiro atoms. The molecule has 0 saturated carbocycles. The molecule has 3 aromatic heterocycles. The normalized spacial score (nSPS) is 10.9. The van der Waals surface area contributed by atoms with Gasteiger partial charge in [-0.15, -0.1) is 21.5 Å². The largest absolute Gasteiger partial charge is 0.325 e. The number of carbonyl (C=O) groups is 1. The number of amides is 1. The SMILES string of the molecule is O=C(CSc1nnc2ccc(-c3cccs3)nn12)Nc1ccc([N+](=O)[O-])cc1. The predicted octanol–water partition coefficient (Wildman–Crippen LogP) is 3.49. The highest BCUT2D eigenvalue weighted by Gasteiger charge is 2.12. The Kier molecular flexibility index (Phi) is 5.00. The second-order valence-corrected chi connectivity index (χ2v) is 7.48. The summed E-state index contributed by atoms with van der Waals surface area (Å²) < 4.78 is 1.61. The number of carbonyl (C=O) groups excluding carboxylic acids is 1. The molecule has 0 atom stereocenters. The summed E-state index contributed by atoms with van der Waals surface area (Å²) in [6.07, 6.45) is 0. The molecule has 1 aromatic carbocycles. The summed E-state index contributed by atoms with van der Waals surface area (Å²) in [4.78, 5) is 23.4. The van der Waals surface area contributed by atoms with Crippen LogP contribution in [0.4, 0.5) is 11.4 Å². The molecular weight excluding hydrogens is 400 g/mol. The lowest BCUT2D eigenvalue weighted by atomic mass is 10.3. The van der Waals surface area contributed by atoms with Crippen molar-refractivity contribution in [2.75, 3.05) is 11.1 Å². The van der Waals surface area contributed by atoms with Gasteiger partial charge in [-0.05, 0) is 35.7 Å². The van der Waals surface area contributed by atoms with Crippen molar-refractivity contribution in [1.82, 2.24) is 19.8 Å². The van der Waals surface area contributed by atoms with E-state index in [1.165, 1.54) is 36.0 Å². The molecule has 0 bridgehead atoms. The number of nitrogens with one attached hydrogen (secondary N) is 1. The van der Waals surface area contributed by atoms with E-state index in [4.69, 9.17) is 0 Å². The van der Waals surface area contributed by atoms with E-state index in [9.17, 15) is 14.9 Å². The Labute approximate surface area is 166 Å². The van der Waals surface area contributed by atoms with Crippen molar-refractivity contribution in [2.24, 2.45) is 0 Å². The monoisotopic (exact) mass is 412 g/mol. The highest BCUT2D eigenvalue weighted by atomic mass is 32.2. The van der Waals surface area contributed by atoms with Gasteiger partial charge in [0.05, 0.1) is 15.6 Å². The number of thiophene rings is 1. The fourth-order valence-corrected chi connectivity index (χ4v) is 3.79. The van der Waals surface area contributed by atoms with Gasteiger partial charge in [0.2, 0.25) is 11.1 Å². The summed E-state index contributed by atoms with van der Waals surface area (Å²) in [5, 5.41) is 28.6. The molecule has 4 aromatic rings. The Bertz CT molecular complexity index is 1140. The molecule has 0 aliphatic rings. The van der Waals surface area contributed by atoms with Crippen LogP contribution in [0.15, 0.2) is 59.1 Å². The van der Waals surface area contributed by atoms with Crippen LogP contribution in [0.25, 0.3) is 16.2 Å². The quantitative estimate of drug-likeness (QED) is 0.293. The van der Waals surface area contributed by atoms with Gasteiger partial charge in [0.1, 0.15) is 5.69 Å².